The molecule has 7 heteroatoms. The molecule has 1 amide bonds. The number of para-hydroxylation sites is 1. The standard InChI is InChI=1S/C14H18N2O3.CO2/c1-10-6-8-11(9-7-10)15-14(17)12-4-2-3-5-13(12)16(18)19;2-1-3/h2-5,10-11H,6-9H2,1H3,(H,15,17);. The summed E-state index contributed by atoms with van der Waals surface area (Å²) in [6.07, 6.45) is 4.35. The molecule has 1 aliphatic carbocycles. The number of hydrogen-bond acceptors (Lipinski definition) is 5. The van der Waals surface area contributed by atoms with Gasteiger partial charge in [0.1, 0.15) is 5.56 Å². The Kier molecular flexibility index (Phi) is 6.92. The van der Waals surface area contributed by atoms with E-state index in [4.69, 9.17) is 9.59 Å². The summed E-state index contributed by atoms with van der Waals surface area (Å²) in [5.74, 6) is 0.367. The van der Waals surface area contributed by atoms with Crippen LogP contribution in [0, 0.1) is 16.0 Å². The third-order valence-electron chi connectivity index (χ3n) is 3.70. The molecule has 0 unspecified atom stereocenters. The van der Waals surface area contributed by atoms with Gasteiger partial charge in [-0.3, -0.25) is 14.9 Å². The summed E-state index contributed by atoms with van der Waals surface area (Å²) >= 11 is 0. The van der Waals surface area contributed by atoms with Crippen LogP contribution in [-0.2, 0) is 9.59 Å². The lowest BCUT2D eigenvalue weighted by molar-refractivity contribution is -0.385. The van der Waals surface area contributed by atoms with Crippen molar-refractivity contribution in [2.45, 2.75) is 38.6 Å². The second kappa shape index (κ2) is 8.69. The van der Waals surface area contributed by atoms with Crippen LogP contribution in [0.4, 0.5) is 5.69 Å². The van der Waals surface area contributed by atoms with Crippen molar-refractivity contribution in [1.29, 1.82) is 0 Å². The molecule has 0 aliphatic heterocycles. The zero-order valence-electron chi connectivity index (χ0n) is 12.3. The third-order valence-corrected chi connectivity index (χ3v) is 3.70. The zero-order chi connectivity index (χ0) is 16.5. The number of carbonyl (C=O) groups is 1. The van der Waals surface area contributed by atoms with Crippen molar-refractivity contribution in [2.75, 3.05) is 0 Å². The van der Waals surface area contributed by atoms with E-state index in [1.54, 1.807) is 12.1 Å². The Labute approximate surface area is 127 Å². The molecule has 0 spiro atoms. The fourth-order valence-electron chi connectivity index (χ4n) is 2.49. The van der Waals surface area contributed by atoms with E-state index < -0.39 is 4.92 Å². The van der Waals surface area contributed by atoms with Crippen LogP contribution in [-0.4, -0.2) is 23.0 Å². The van der Waals surface area contributed by atoms with Crippen molar-refractivity contribution in [3.05, 3.63) is 39.9 Å². The fourth-order valence-corrected chi connectivity index (χ4v) is 2.49. The molecule has 0 saturated heterocycles. The number of nitro groups is 1. The number of benzene rings is 1. The van der Waals surface area contributed by atoms with E-state index in [0.29, 0.717) is 5.92 Å². The lowest BCUT2D eigenvalue weighted by atomic mass is 9.87. The highest BCUT2D eigenvalue weighted by atomic mass is 16.6. The van der Waals surface area contributed by atoms with Crippen LogP contribution in [0.2, 0.25) is 0 Å². The first-order chi connectivity index (χ1) is 10.5. The summed E-state index contributed by atoms with van der Waals surface area (Å²) in [4.78, 5) is 38.7. The predicted octanol–water partition coefficient (Wildman–Crippen LogP) is 2.32. The van der Waals surface area contributed by atoms with Gasteiger partial charge in [-0.05, 0) is 37.7 Å². The number of nitrogens with one attached hydrogen (secondary N) is 1. The molecule has 22 heavy (non-hydrogen) atoms. The molecule has 1 aromatic carbocycles. The van der Waals surface area contributed by atoms with Gasteiger partial charge < -0.3 is 5.32 Å². The van der Waals surface area contributed by atoms with Crippen LogP contribution in [0.15, 0.2) is 24.3 Å². The van der Waals surface area contributed by atoms with Crippen molar-refractivity contribution < 1.29 is 19.3 Å². The average Bonchev–Trinajstić information content (AvgIpc) is 2.50. The second-order valence-corrected chi connectivity index (χ2v) is 5.29. The minimum Gasteiger partial charge on any atom is -0.349 e. The molecular weight excluding hydrogens is 288 g/mol. The van der Waals surface area contributed by atoms with Gasteiger partial charge in [0.05, 0.1) is 4.92 Å². The van der Waals surface area contributed by atoms with E-state index in [9.17, 15) is 14.9 Å². The largest absolute Gasteiger partial charge is 0.373 e. The van der Waals surface area contributed by atoms with Gasteiger partial charge in [0, 0.05) is 12.1 Å². The SMILES string of the molecule is CC1CCC(NC(=O)c2ccccc2[N+](=O)[O-])CC1.O=C=O. The Balaban J connectivity index is 0.000000745. The van der Waals surface area contributed by atoms with E-state index in [0.717, 1.165) is 25.7 Å². The Bertz CT molecular complexity index is 559. The van der Waals surface area contributed by atoms with Gasteiger partial charge in [-0.15, -0.1) is 0 Å². The molecule has 7 nitrogen and oxygen atoms in total. The van der Waals surface area contributed by atoms with Crippen LogP contribution in [0.1, 0.15) is 43.0 Å². The highest BCUT2D eigenvalue weighted by Gasteiger charge is 2.24. The number of rotatable bonds is 3. The van der Waals surface area contributed by atoms with E-state index in [1.807, 2.05) is 0 Å². The maximum atomic E-state index is 12.1. The van der Waals surface area contributed by atoms with Gasteiger partial charge in [-0.1, -0.05) is 19.1 Å². The van der Waals surface area contributed by atoms with Crippen LogP contribution in [0.25, 0.3) is 0 Å². The minimum absolute atomic E-state index is 0.135. The smallest absolute Gasteiger partial charge is 0.349 e. The van der Waals surface area contributed by atoms with Crippen LogP contribution < -0.4 is 5.32 Å². The monoisotopic (exact) mass is 306 g/mol. The predicted molar refractivity (Wildman–Crippen MR) is 77.0 cm³/mol. The van der Waals surface area contributed by atoms with Crippen molar-refractivity contribution in [1.82, 2.24) is 5.32 Å². The van der Waals surface area contributed by atoms with E-state index in [1.165, 1.54) is 12.1 Å². The molecule has 1 N–H and O–H groups in total. The molecule has 0 atom stereocenters. The van der Waals surface area contributed by atoms with Crippen molar-refractivity contribution >= 4 is 17.7 Å². The number of amides is 1. The number of nitrogens with zero attached hydrogens (tertiary/aromatic N) is 1. The first-order valence-corrected chi connectivity index (χ1v) is 7.03. The Morgan fingerprint density at radius 3 is 2.32 bits per heavy atom. The Hall–Kier alpha value is -2.53. The summed E-state index contributed by atoms with van der Waals surface area (Å²) in [5, 5.41) is 13.8. The summed E-state index contributed by atoms with van der Waals surface area (Å²) < 4.78 is 0. The van der Waals surface area contributed by atoms with Crippen LogP contribution in [0.3, 0.4) is 0 Å². The van der Waals surface area contributed by atoms with Crippen molar-refractivity contribution in [2.24, 2.45) is 5.92 Å². The molecule has 1 aromatic rings. The van der Waals surface area contributed by atoms with Gasteiger partial charge in [0.25, 0.3) is 11.6 Å². The van der Waals surface area contributed by atoms with Crippen LogP contribution in [0.5, 0.6) is 0 Å². The summed E-state index contributed by atoms with van der Waals surface area (Å²) in [5.41, 5.74) is 0.00954. The van der Waals surface area contributed by atoms with E-state index in [-0.39, 0.29) is 29.4 Å². The molecule has 0 radical (unpaired) electrons. The van der Waals surface area contributed by atoms with Gasteiger partial charge in [0.15, 0.2) is 0 Å². The van der Waals surface area contributed by atoms with E-state index >= 15 is 0 Å². The van der Waals surface area contributed by atoms with E-state index in [2.05, 4.69) is 12.2 Å². The molecular formula is C15H18N2O5. The third kappa shape index (κ3) is 5.10. The maximum Gasteiger partial charge on any atom is 0.373 e. The Morgan fingerprint density at radius 2 is 1.77 bits per heavy atom. The first-order valence-electron chi connectivity index (χ1n) is 7.03. The molecule has 0 bridgehead atoms. The average molecular weight is 306 g/mol. The lowest BCUT2D eigenvalue weighted by Gasteiger charge is -2.26. The molecule has 2 rings (SSSR count). The van der Waals surface area contributed by atoms with Gasteiger partial charge in [0.2, 0.25) is 0 Å². The highest BCUT2D eigenvalue weighted by Crippen LogP contribution is 2.24. The topological polar surface area (TPSA) is 106 Å². The molecule has 0 heterocycles. The van der Waals surface area contributed by atoms with Gasteiger partial charge >= 0.3 is 6.15 Å². The fraction of sp³-hybridized carbons (Fsp3) is 0.467. The highest BCUT2D eigenvalue weighted by molar-refractivity contribution is 5.98. The Morgan fingerprint density at radius 1 is 1.23 bits per heavy atom. The molecule has 1 fully saturated rings. The van der Waals surface area contributed by atoms with Crippen molar-refractivity contribution in [3.8, 4) is 0 Å². The number of hydrogen-bond donors (Lipinski definition) is 1. The lowest BCUT2D eigenvalue weighted by Crippen LogP contribution is -2.37. The van der Waals surface area contributed by atoms with Gasteiger partial charge in [-0.25, -0.2) is 0 Å². The maximum absolute atomic E-state index is 12.1. The second-order valence-electron chi connectivity index (χ2n) is 5.29. The number of carbonyl (C=O) groups excluding carboxylic acids is 3. The zero-order valence-corrected chi connectivity index (χ0v) is 12.3. The normalized spacial score (nSPS) is 20.0. The molecule has 118 valence electrons. The van der Waals surface area contributed by atoms with Crippen LogP contribution >= 0.6 is 0 Å². The molecule has 1 aliphatic rings. The minimum atomic E-state index is -0.516. The van der Waals surface area contributed by atoms with Crippen molar-refractivity contribution in [3.63, 3.8) is 0 Å². The summed E-state index contributed by atoms with van der Waals surface area (Å²) in [6, 6.07) is 6.21. The number of nitro benzene ring substituents is 1. The van der Waals surface area contributed by atoms with Gasteiger partial charge in [-0.2, -0.15) is 9.59 Å². The molecule has 1 saturated carbocycles. The summed E-state index contributed by atoms with van der Waals surface area (Å²) in [7, 11) is 0. The molecule has 0 aromatic heterocycles. The summed E-state index contributed by atoms with van der Waals surface area (Å²) in [6.45, 7) is 2.21. The quantitative estimate of drug-likeness (QED) is 0.681. The first kappa shape index (κ1) is 17.5.